The van der Waals surface area contributed by atoms with Gasteiger partial charge in [0.25, 0.3) is 0 Å². The Morgan fingerprint density at radius 1 is 1.24 bits per heavy atom. The molecule has 1 heterocycles. The molecule has 100 valence electrons. The molecule has 3 nitrogen and oxygen atoms in total. The van der Waals surface area contributed by atoms with Gasteiger partial charge >= 0.3 is 0 Å². The van der Waals surface area contributed by atoms with Gasteiger partial charge in [-0.15, -0.1) is 0 Å². The lowest BCUT2D eigenvalue weighted by Gasteiger charge is -2.31. The maximum atomic E-state index is 11.8. The van der Waals surface area contributed by atoms with Crippen molar-refractivity contribution in [3.05, 3.63) is 0 Å². The highest BCUT2D eigenvalue weighted by Crippen LogP contribution is 2.15. The molecule has 0 bridgehead atoms. The van der Waals surface area contributed by atoms with Gasteiger partial charge in [0.05, 0.1) is 0 Å². The van der Waals surface area contributed by atoms with E-state index in [0.717, 1.165) is 26.1 Å². The third-order valence-electron chi connectivity index (χ3n) is 3.76. The second kappa shape index (κ2) is 8.51. The van der Waals surface area contributed by atoms with Crippen molar-refractivity contribution in [1.29, 1.82) is 0 Å². The molecule has 1 aliphatic heterocycles. The van der Waals surface area contributed by atoms with Crippen LogP contribution in [-0.4, -0.2) is 25.5 Å². The first-order valence-electron chi connectivity index (χ1n) is 7.24. The zero-order valence-corrected chi connectivity index (χ0v) is 11.4. The van der Waals surface area contributed by atoms with Gasteiger partial charge in [-0.1, -0.05) is 46.0 Å². The van der Waals surface area contributed by atoms with Crippen LogP contribution in [0.15, 0.2) is 0 Å². The summed E-state index contributed by atoms with van der Waals surface area (Å²) in [7, 11) is 0. The topological polar surface area (TPSA) is 41.1 Å². The van der Waals surface area contributed by atoms with E-state index in [0.29, 0.717) is 5.92 Å². The van der Waals surface area contributed by atoms with Crippen LogP contribution in [0.2, 0.25) is 0 Å². The number of carbonyl (C=O) groups excluding carboxylic acids is 1. The zero-order valence-electron chi connectivity index (χ0n) is 11.4. The summed E-state index contributed by atoms with van der Waals surface area (Å²) in [6.45, 7) is 7.14. The van der Waals surface area contributed by atoms with Gasteiger partial charge in [0.1, 0.15) is 0 Å². The molecule has 1 fully saturated rings. The zero-order chi connectivity index (χ0) is 12.5. The van der Waals surface area contributed by atoms with Crippen LogP contribution in [0.3, 0.4) is 0 Å². The summed E-state index contributed by atoms with van der Waals surface area (Å²) in [5.74, 6) is 0.973. The summed E-state index contributed by atoms with van der Waals surface area (Å²) in [6.07, 6.45) is 7.67. The predicted molar refractivity (Wildman–Crippen MR) is 71.9 cm³/mol. The van der Waals surface area contributed by atoms with Gasteiger partial charge in [0.2, 0.25) is 5.91 Å². The average Bonchev–Trinajstić information content (AvgIpc) is 2.25. The molecule has 0 aromatic heterocycles. The van der Waals surface area contributed by atoms with Crippen LogP contribution < -0.4 is 10.6 Å². The third-order valence-corrected chi connectivity index (χ3v) is 3.76. The SMILES string of the molecule is CCCCCCCCNC(=O)C(C)C1CNC1. The van der Waals surface area contributed by atoms with Crippen molar-refractivity contribution in [3.63, 3.8) is 0 Å². The Labute approximate surface area is 106 Å². The van der Waals surface area contributed by atoms with E-state index < -0.39 is 0 Å². The van der Waals surface area contributed by atoms with Crippen LogP contribution in [0.1, 0.15) is 52.4 Å². The highest BCUT2D eigenvalue weighted by molar-refractivity contribution is 5.78. The van der Waals surface area contributed by atoms with Gasteiger partial charge in [-0.05, 0) is 25.4 Å². The van der Waals surface area contributed by atoms with Crippen molar-refractivity contribution in [2.45, 2.75) is 52.4 Å². The Morgan fingerprint density at radius 3 is 2.47 bits per heavy atom. The molecule has 3 heteroatoms. The predicted octanol–water partition coefficient (Wildman–Crippen LogP) is 2.32. The summed E-state index contributed by atoms with van der Waals surface area (Å²) in [6, 6.07) is 0. The van der Waals surface area contributed by atoms with Gasteiger partial charge in [0, 0.05) is 12.5 Å². The van der Waals surface area contributed by atoms with Crippen LogP contribution in [0.4, 0.5) is 0 Å². The molecule has 1 aliphatic rings. The first-order valence-corrected chi connectivity index (χ1v) is 7.24. The highest BCUT2D eigenvalue weighted by atomic mass is 16.1. The average molecular weight is 240 g/mol. The molecule has 2 N–H and O–H groups in total. The first-order chi connectivity index (χ1) is 8.25. The Kier molecular flexibility index (Phi) is 7.25. The lowest BCUT2D eigenvalue weighted by Crippen LogP contribution is -2.49. The molecule has 17 heavy (non-hydrogen) atoms. The molecule has 1 rings (SSSR count). The fourth-order valence-corrected chi connectivity index (χ4v) is 2.16. The minimum absolute atomic E-state index is 0.177. The van der Waals surface area contributed by atoms with Gasteiger partial charge in [-0.25, -0.2) is 0 Å². The molecule has 1 unspecified atom stereocenters. The monoisotopic (exact) mass is 240 g/mol. The highest BCUT2D eigenvalue weighted by Gasteiger charge is 2.28. The normalized spacial score (nSPS) is 17.5. The molecule has 0 aromatic rings. The molecule has 1 amide bonds. The molecule has 0 radical (unpaired) electrons. The fourth-order valence-electron chi connectivity index (χ4n) is 2.16. The van der Waals surface area contributed by atoms with Crippen molar-refractivity contribution in [3.8, 4) is 0 Å². The standard InChI is InChI=1S/C14H28N2O/c1-3-4-5-6-7-8-9-16-14(17)12(2)13-10-15-11-13/h12-13,15H,3-11H2,1-2H3,(H,16,17). The molecular weight excluding hydrogens is 212 g/mol. The maximum Gasteiger partial charge on any atom is 0.223 e. The summed E-state index contributed by atoms with van der Waals surface area (Å²) < 4.78 is 0. The van der Waals surface area contributed by atoms with E-state index in [2.05, 4.69) is 17.6 Å². The van der Waals surface area contributed by atoms with Gasteiger partial charge in [0.15, 0.2) is 0 Å². The van der Waals surface area contributed by atoms with E-state index in [4.69, 9.17) is 0 Å². The molecule has 1 atom stereocenters. The van der Waals surface area contributed by atoms with E-state index in [9.17, 15) is 4.79 Å². The first kappa shape index (κ1) is 14.5. The Balaban J connectivity index is 1.92. The van der Waals surface area contributed by atoms with Crippen LogP contribution in [0.25, 0.3) is 0 Å². The Hall–Kier alpha value is -0.570. The maximum absolute atomic E-state index is 11.8. The Morgan fingerprint density at radius 2 is 1.88 bits per heavy atom. The van der Waals surface area contributed by atoms with Crippen molar-refractivity contribution in [2.75, 3.05) is 19.6 Å². The quantitative estimate of drug-likeness (QED) is 0.607. The lowest BCUT2D eigenvalue weighted by atomic mass is 9.88. The molecule has 0 saturated carbocycles. The number of nitrogens with one attached hydrogen (secondary N) is 2. The van der Waals surface area contributed by atoms with E-state index in [1.165, 1.54) is 32.1 Å². The van der Waals surface area contributed by atoms with Crippen molar-refractivity contribution in [1.82, 2.24) is 10.6 Å². The van der Waals surface area contributed by atoms with Crippen LogP contribution in [-0.2, 0) is 4.79 Å². The largest absolute Gasteiger partial charge is 0.356 e. The number of unbranched alkanes of at least 4 members (excludes halogenated alkanes) is 5. The molecule has 0 aliphatic carbocycles. The minimum Gasteiger partial charge on any atom is -0.356 e. The van der Waals surface area contributed by atoms with E-state index in [1.54, 1.807) is 0 Å². The van der Waals surface area contributed by atoms with Gasteiger partial charge in [-0.2, -0.15) is 0 Å². The lowest BCUT2D eigenvalue weighted by molar-refractivity contribution is -0.126. The molecule has 1 saturated heterocycles. The second-order valence-electron chi connectivity index (χ2n) is 5.27. The van der Waals surface area contributed by atoms with E-state index in [1.807, 2.05) is 6.92 Å². The number of hydrogen-bond donors (Lipinski definition) is 2. The van der Waals surface area contributed by atoms with E-state index >= 15 is 0 Å². The van der Waals surface area contributed by atoms with Crippen molar-refractivity contribution < 1.29 is 4.79 Å². The van der Waals surface area contributed by atoms with Crippen LogP contribution >= 0.6 is 0 Å². The molecular formula is C14H28N2O. The molecule has 0 aromatic carbocycles. The van der Waals surface area contributed by atoms with Gasteiger partial charge in [-0.3, -0.25) is 4.79 Å². The van der Waals surface area contributed by atoms with E-state index in [-0.39, 0.29) is 11.8 Å². The smallest absolute Gasteiger partial charge is 0.223 e. The number of carbonyl (C=O) groups is 1. The summed E-state index contributed by atoms with van der Waals surface area (Å²) in [4.78, 5) is 11.8. The second-order valence-corrected chi connectivity index (χ2v) is 5.27. The molecule has 0 spiro atoms. The van der Waals surface area contributed by atoms with Crippen LogP contribution in [0.5, 0.6) is 0 Å². The van der Waals surface area contributed by atoms with Crippen molar-refractivity contribution in [2.24, 2.45) is 11.8 Å². The van der Waals surface area contributed by atoms with Gasteiger partial charge < -0.3 is 10.6 Å². The number of amides is 1. The summed E-state index contributed by atoms with van der Waals surface area (Å²) in [5.41, 5.74) is 0. The van der Waals surface area contributed by atoms with Crippen molar-refractivity contribution >= 4 is 5.91 Å². The summed E-state index contributed by atoms with van der Waals surface area (Å²) in [5, 5.41) is 6.27. The number of rotatable bonds is 9. The summed E-state index contributed by atoms with van der Waals surface area (Å²) >= 11 is 0. The Bertz CT molecular complexity index is 214. The minimum atomic E-state index is 0.177. The van der Waals surface area contributed by atoms with Crippen LogP contribution in [0, 0.1) is 11.8 Å². The number of hydrogen-bond acceptors (Lipinski definition) is 2. The third kappa shape index (κ3) is 5.53. The fraction of sp³-hybridized carbons (Fsp3) is 0.929.